The molecule has 0 aliphatic carbocycles. The Morgan fingerprint density at radius 3 is 2.53 bits per heavy atom. The summed E-state index contributed by atoms with van der Waals surface area (Å²) < 4.78 is 13.1. The van der Waals surface area contributed by atoms with E-state index in [1.54, 1.807) is 35.6 Å². The molecule has 3 aromatic rings. The monoisotopic (exact) mass is 443 g/mol. The van der Waals surface area contributed by atoms with Crippen molar-refractivity contribution >= 4 is 28.8 Å². The lowest BCUT2D eigenvalue weighted by Gasteiger charge is -2.31. The number of likely N-dealkylation sites (tertiary alicyclic amines) is 1. The van der Waals surface area contributed by atoms with E-state index in [0.717, 1.165) is 48.6 Å². The lowest BCUT2D eigenvalue weighted by atomic mass is 9.92. The fraction of sp³-hybridized carbons (Fsp3) is 0.304. The summed E-state index contributed by atoms with van der Waals surface area (Å²) in [5.74, 6) is 0.0972. The van der Waals surface area contributed by atoms with Crippen molar-refractivity contribution in [3.63, 3.8) is 0 Å². The Labute approximate surface area is 184 Å². The van der Waals surface area contributed by atoms with Gasteiger partial charge in [-0.1, -0.05) is 23.7 Å². The second kappa shape index (κ2) is 9.69. The average Bonchev–Trinajstić information content (AvgIpc) is 3.23. The van der Waals surface area contributed by atoms with E-state index in [1.807, 2.05) is 17.6 Å². The SMILES string of the molecule is O=C(NCc1scnc1C1CCN(Cc2ccc(F)cc2)CC1)c1ccc(Cl)cc1. The van der Waals surface area contributed by atoms with Gasteiger partial charge in [-0.25, -0.2) is 9.37 Å². The van der Waals surface area contributed by atoms with Crippen LogP contribution in [0.15, 0.2) is 54.0 Å². The zero-order chi connectivity index (χ0) is 20.9. The molecule has 1 aromatic heterocycles. The first-order chi connectivity index (χ1) is 14.6. The fourth-order valence-electron chi connectivity index (χ4n) is 3.82. The van der Waals surface area contributed by atoms with Crippen molar-refractivity contribution in [1.29, 1.82) is 0 Å². The van der Waals surface area contributed by atoms with Crippen LogP contribution in [0.5, 0.6) is 0 Å². The van der Waals surface area contributed by atoms with Gasteiger partial charge in [0.15, 0.2) is 0 Å². The van der Waals surface area contributed by atoms with E-state index in [9.17, 15) is 9.18 Å². The lowest BCUT2D eigenvalue weighted by molar-refractivity contribution is 0.0951. The maximum absolute atomic E-state index is 13.1. The summed E-state index contributed by atoms with van der Waals surface area (Å²) in [5, 5.41) is 3.61. The van der Waals surface area contributed by atoms with Crippen molar-refractivity contribution in [2.45, 2.75) is 31.8 Å². The number of nitrogens with one attached hydrogen (secondary N) is 1. The third-order valence-corrected chi connectivity index (χ3v) is 6.58. The maximum atomic E-state index is 13.1. The van der Waals surface area contributed by atoms with E-state index in [4.69, 9.17) is 11.6 Å². The van der Waals surface area contributed by atoms with Gasteiger partial charge in [-0.2, -0.15) is 0 Å². The molecule has 4 nitrogen and oxygen atoms in total. The molecule has 4 rings (SSSR count). The van der Waals surface area contributed by atoms with Gasteiger partial charge in [0.2, 0.25) is 0 Å². The van der Waals surface area contributed by atoms with E-state index in [1.165, 1.54) is 12.1 Å². The highest BCUT2D eigenvalue weighted by molar-refractivity contribution is 7.09. The average molecular weight is 444 g/mol. The number of hydrogen-bond acceptors (Lipinski definition) is 4. The molecule has 1 aliphatic rings. The highest BCUT2D eigenvalue weighted by atomic mass is 35.5. The summed E-state index contributed by atoms with van der Waals surface area (Å²) >= 11 is 7.48. The molecule has 0 spiro atoms. The van der Waals surface area contributed by atoms with Crippen LogP contribution in [-0.4, -0.2) is 28.9 Å². The molecule has 1 N–H and O–H groups in total. The van der Waals surface area contributed by atoms with E-state index in [0.29, 0.717) is 23.0 Å². The smallest absolute Gasteiger partial charge is 0.251 e. The zero-order valence-electron chi connectivity index (χ0n) is 16.5. The van der Waals surface area contributed by atoms with Gasteiger partial charge in [0, 0.05) is 27.9 Å². The van der Waals surface area contributed by atoms with Crippen molar-refractivity contribution in [1.82, 2.24) is 15.2 Å². The largest absolute Gasteiger partial charge is 0.347 e. The number of benzene rings is 2. The van der Waals surface area contributed by atoms with Crippen LogP contribution in [0, 0.1) is 5.82 Å². The van der Waals surface area contributed by atoms with Gasteiger partial charge in [0.05, 0.1) is 17.7 Å². The van der Waals surface area contributed by atoms with Gasteiger partial charge < -0.3 is 5.32 Å². The standard InChI is InChI=1S/C23H23ClFN3OS/c24-19-5-3-18(4-6-19)23(29)26-13-21-22(27-15-30-21)17-9-11-28(12-10-17)14-16-1-7-20(25)8-2-16/h1-8,15,17H,9-14H2,(H,26,29). The van der Waals surface area contributed by atoms with Crippen LogP contribution in [0.25, 0.3) is 0 Å². The Hall–Kier alpha value is -2.28. The third-order valence-electron chi connectivity index (χ3n) is 5.48. The summed E-state index contributed by atoms with van der Waals surface area (Å²) in [6.45, 7) is 3.29. The van der Waals surface area contributed by atoms with E-state index in [-0.39, 0.29) is 11.7 Å². The van der Waals surface area contributed by atoms with Crippen LogP contribution in [0.3, 0.4) is 0 Å². The van der Waals surface area contributed by atoms with Gasteiger partial charge >= 0.3 is 0 Å². The number of hydrogen-bond donors (Lipinski definition) is 1. The Morgan fingerprint density at radius 2 is 1.83 bits per heavy atom. The van der Waals surface area contributed by atoms with Crippen LogP contribution in [0.4, 0.5) is 4.39 Å². The van der Waals surface area contributed by atoms with Crippen molar-refractivity contribution in [2.24, 2.45) is 0 Å². The van der Waals surface area contributed by atoms with Crippen LogP contribution < -0.4 is 5.32 Å². The fourth-order valence-corrected chi connectivity index (χ4v) is 4.74. The normalized spacial score (nSPS) is 15.3. The molecular formula is C23H23ClFN3OS. The molecule has 1 saturated heterocycles. The number of piperidine rings is 1. The van der Waals surface area contributed by atoms with Gasteiger partial charge in [-0.15, -0.1) is 11.3 Å². The van der Waals surface area contributed by atoms with Gasteiger partial charge in [-0.3, -0.25) is 9.69 Å². The van der Waals surface area contributed by atoms with Crippen molar-refractivity contribution in [3.8, 4) is 0 Å². The Balaban J connectivity index is 1.30. The minimum atomic E-state index is -0.198. The number of carbonyl (C=O) groups is 1. The van der Waals surface area contributed by atoms with Gasteiger partial charge in [0.25, 0.3) is 5.91 Å². The molecule has 30 heavy (non-hydrogen) atoms. The molecule has 1 fully saturated rings. The molecule has 156 valence electrons. The Bertz CT molecular complexity index is 982. The second-order valence-corrected chi connectivity index (χ2v) is 8.90. The third kappa shape index (κ3) is 5.25. The van der Waals surface area contributed by atoms with Gasteiger partial charge in [-0.05, 0) is 67.9 Å². The molecule has 2 aromatic carbocycles. The quantitative estimate of drug-likeness (QED) is 0.566. The second-order valence-electron chi connectivity index (χ2n) is 7.53. The van der Waals surface area contributed by atoms with E-state index in [2.05, 4.69) is 15.2 Å². The molecule has 0 atom stereocenters. The molecule has 0 bridgehead atoms. The highest BCUT2D eigenvalue weighted by Gasteiger charge is 2.24. The topological polar surface area (TPSA) is 45.2 Å². The number of carbonyl (C=O) groups excluding carboxylic acids is 1. The van der Waals surface area contributed by atoms with Crippen molar-refractivity contribution in [3.05, 3.63) is 86.6 Å². The minimum absolute atomic E-state index is 0.111. The number of nitrogens with zero attached hydrogens (tertiary/aromatic N) is 2. The van der Waals surface area contributed by atoms with Crippen LogP contribution in [0.2, 0.25) is 5.02 Å². The summed E-state index contributed by atoms with van der Waals surface area (Å²) in [7, 11) is 0. The van der Waals surface area contributed by atoms with E-state index >= 15 is 0 Å². The number of amides is 1. The number of halogens is 2. The first kappa shape index (κ1) is 21.0. The predicted octanol–water partition coefficient (Wildman–Crippen LogP) is 5.25. The van der Waals surface area contributed by atoms with Crippen LogP contribution >= 0.6 is 22.9 Å². The number of rotatable bonds is 6. The lowest BCUT2D eigenvalue weighted by Crippen LogP contribution is -2.33. The molecule has 0 unspecified atom stereocenters. The molecule has 1 aliphatic heterocycles. The van der Waals surface area contributed by atoms with Crippen molar-refractivity contribution < 1.29 is 9.18 Å². The maximum Gasteiger partial charge on any atom is 0.251 e. The van der Waals surface area contributed by atoms with Gasteiger partial charge in [0.1, 0.15) is 5.82 Å². The summed E-state index contributed by atoms with van der Waals surface area (Å²) in [6, 6.07) is 13.6. The summed E-state index contributed by atoms with van der Waals surface area (Å²) in [5.41, 5.74) is 4.70. The summed E-state index contributed by atoms with van der Waals surface area (Å²) in [4.78, 5) is 20.5. The Kier molecular flexibility index (Phi) is 6.77. The first-order valence-electron chi connectivity index (χ1n) is 10.0. The van der Waals surface area contributed by atoms with Crippen LogP contribution in [0.1, 0.15) is 45.3 Å². The number of thiazole rings is 1. The first-order valence-corrected chi connectivity index (χ1v) is 11.3. The molecule has 7 heteroatoms. The molecule has 0 saturated carbocycles. The Morgan fingerprint density at radius 1 is 1.13 bits per heavy atom. The van der Waals surface area contributed by atoms with Crippen molar-refractivity contribution in [2.75, 3.05) is 13.1 Å². The number of aromatic nitrogens is 1. The zero-order valence-corrected chi connectivity index (χ0v) is 18.1. The summed E-state index contributed by atoms with van der Waals surface area (Å²) in [6.07, 6.45) is 2.06. The van der Waals surface area contributed by atoms with Crippen LogP contribution in [-0.2, 0) is 13.1 Å². The van der Waals surface area contributed by atoms with E-state index < -0.39 is 0 Å². The minimum Gasteiger partial charge on any atom is -0.347 e. The predicted molar refractivity (Wildman–Crippen MR) is 118 cm³/mol. The highest BCUT2D eigenvalue weighted by Crippen LogP contribution is 2.31. The molecule has 1 amide bonds. The molecular weight excluding hydrogens is 421 g/mol. The molecule has 2 heterocycles. The molecule has 0 radical (unpaired) electrons.